The summed E-state index contributed by atoms with van der Waals surface area (Å²) in [6.45, 7) is 9.08. The van der Waals surface area contributed by atoms with Crippen LogP contribution < -0.4 is 21.5 Å². The molecule has 5 nitrogen and oxygen atoms in total. The first-order chi connectivity index (χ1) is 10.0. The number of nitrogens with one attached hydrogen (secondary N) is 2. The second-order valence-electron chi connectivity index (χ2n) is 5.76. The van der Waals surface area contributed by atoms with E-state index in [9.17, 15) is 5.11 Å². The van der Waals surface area contributed by atoms with Gasteiger partial charge in [-0.05, 0) is 25.2 Å². The highest BCUT2D eigenvalue weighted by Gasteiger charge is 2.11. The fourth-order valence-electron chi connectivity index (χ4n) is 2.44. The highest BCUT2D eigenvalue weighted by molar-refractivity contribution is 5.31. The minimum atomic E-state index is -0.0140. The lowest BCUT2D eigenvalue weighted by atomic mass is 10.1. The van der Waals surface area contributed by atoms with E-state index in [0.29, 0.717) is 24.4 Å². The summed E-state index contributed by atoms with van der Waals surface area (Å²) >= 11 is 0. The summed E-state index contributed by atoms with van der Waals surface area (Å²) in [7, 11) is 0. The van der Waals surface area contributed by atoms with E-state index in [-0.39, 0.29) is 11.4 Å². The summed E-state index contributed by atoms with van der Waals surface area (Å²) in [6, 6.07) is 0. The van der Waals surface area contributed by atoms with Crippen molar-refractivity contribution >= 4 is 12.0 Å². The molecular weight excluding hydrogens is 264 g/mol. The summed E-state index contributed by atoms with van der Waals surface area (Å²) in [5.41, 5.74) is 1.17. The van der Waals surface area contributed by atoms with Gasteiger partial charge in [0.15, 0.2) is 10.8 Å². The van der Waals surface area contributed by atoms with Crippen molar-refractivity contribution in [3.63, 3.8) is 0 Å². The van der Waals surface area contributed by atoms with Gasteiger partial charge in [-0.25, -0.2) is 4.98 Å². The van der Waals surface area contributed by atoms with Gasteiger partial charge in [-0.1, -0.05) is 26.0 Å². The largest absolute Gasteiger partial charge is 0.493 e. The molecule has 0 radical (unpaired) electrons. The molecule has 3 N–H and O–H groups in total. The van der Waals surface area contributed by atoms with Crippen LogP contribution in [0.25, 0.3) is 12.0 Å². The van der Waals surface area contributed by atoms with Gasteiger partial charge in [0.25, 0.3) is 0 Å². The molecule has 0 aromatic carbocycles. The number of aliphatic hydroxyl groups is 1. The Morgan fingerprint density at radius 2 is 2.38 bits per heavy atom. The number of hydrogen-bond donors (Lipinski definition) is 3. The summed E-state index contributed by atoms with van der Waals surface area (Å²) in [4.78, 5) is 4.51. The monoisotopic (exact) mass is 288 g/mol. The molecule has 0 atom stereocenters. The summed E-state index contributed by atoms with van der Waals surface area (Å²) < 4.78 is 1.86. The van der Waals surface area contributed by atoms with Crippen LogP contribution in [0.15, 0.2) is 12.7 Å². The molecule has 1 aliphatic rings. The topological polar surface area (TPSA) is 73.9 Å². The third-order valence-electron chi connectivity index (χ3n) is 3.50. The SMILES string of the molecule is C=CCn1c2c(n/c(=C(/O)NCC(C)C)c1=N)CCCC=2. The number of rotatable bonds is 5. The van der Waals surface area contributed by atoms with Gasteiger partial charge in [0.2, 0.25) is 5.88 Å². The Kier molecular flexibility index (Phi) is 4.83. The van der Waals surface area contributed by atoms with Crippen LogP contribution in [0.1, 0.15) is 32.4 Å². The van der Waals surface area contributed by atoms with Crippen molar-refractivity contribution in [2.75, 3.05) is 6.54 Å². The standard InChI is InChI=1S/C16H24N4O/c1-4-9-20-13-8-6-5-7-12(13)19-14(15(20)17)16(21)18-10-11(2)3/h4,8,11,17-18,21H,1,5-7,9-10H2,2-3H3/b16-14+,17-15?. The van der Waals surface area contributed by atoms with Gasteiger partial charge in [0, 0.05) is 13.1 Å². The van der Waals surface area contributed by atoms with Crippen molar-refractivity contribution in [3.8, 4) is 0 Å². The maximum absolute atomic E-state index is 10.2. The lowest BCUT2D eigenvalue weighted by molar-refractivity contribution is 0.436. The molecule has 0 saturated carbocycles. The summed E-state index contributed by atoms with van der Waals surface area (Å²) in [5, 5.41) is 22.8. The predicted molar refractivity (Wildman–Crippen MR) is 83.8 cm³/mol. The van der Waals surface area contributed by atoms with Crippen LogP contribution in [-0.4, -0.2) is 21.2 Å². The lowest BCUT2D eigenvalue weighted by Gasteiger charge is -2.15. The molecule has 0 aliphatic heterocycles. The summed E-state index contributed by atoms with van der Waals surface area (Å²) in [6.07, 6.45) is 6.84. The first-order valence-electron chi connectivity index (χ1n) is 7.47. The molecule has 1 aromatic rings. The lowest BCUT2D eigenvalue weighted by Crippen LogP contribution is -2.49. The first kappa shape index (κ1) is 15.4. The van der Waals surface area contributed by atoms with E-state index < -0.39 is 0 Å². The van der Waals surface area contributed by atoms with Crippen molar-refractivity contribution in [3.05, 3.63) is 34.5 Å². The van der Waals surface area contributed by atoms with Crippen molar-refractivity contribution in [2.45, 2.75) is 39.7 Å². The Bertz CT molecular complexity index is 700. The molecule has 0 unspecified atom stereocenters. The Morgan fingerprint density at radius 1 is 1.62 bits per heavy atom. The molecular formula is C16H24N4O. The van der Waals surface area contributed by atoms with Crippen LogP contribution in [0.3, 0.4) is 0 Å². The number of hydrogen-bond acceptors (Lipinski definition) is 4. The van der Waals surface area contributed by atoms with E-state index in [1.54, 1.807) is 6.08 Å². The van der Waals surface area contributed by atoms with E-state index in [1.807, 2.05) is 4.57 Å². The second-order valence-corrected chi connectivity index (χ2v) is 5.76. The predicted octanol–water partition coefficient (Wildman–Crippen LogP) is 0.535. The fraction of sp³-hybridized carbons (Fsp3) is 0.500. The van der Waals surface area contributed by atoms with Gasteiger partial charge >= 0.3 is 0 Å². The van der Waals surface area contributed by atoms with E-state index in [1.165, 1.54) is 0 Å². The van der Waals surface area contributed by atoms with Crippen LogP contribution in [0.4, 0.5) is 0 Å². The van der Waals surface area contributed by atoms with Crippen molar-refractivity contribution in [2.24, 2.45) is 5.92 Å². The minimum Gasteiger partial charge on any atom is -0.493 e. The highest BCUT2D eigenvalue weighted by Crippen LogP contribution is 2.02. The molecule has 1 heterocycles. The average Bonchev–Trinajstić information content (AvgIpc) is 2.47. The van der Waals surface area contributed by atoms with Crippen LogP contribution >= 0.6 is 0 Å². The summed E-state index contributed by atoms with van der Waals surface area (Å²) in [5.74, 6) is 0.396. The fourth-order valence-corrected chi connectivity index (χ4v) is 2.44. The van der Waals surface area contributed by atoms with Crippen molar-refractivity contribution in [1.29, 1.82) is 5.41 Å². The molecule has 0 fully saturated rings. The third-order valence-corrected chi connectivity index (χ3v) is 3.50. The Labute approximate surface area is 124 Å². The van der Waals surface area contributed by atoms with Crippen LogP contribution in [0, 0.1) is 11.3 Å². The highest BCUT2D eigenvalue weighted by atomic mass is 16.3. The van der Waals surface area contributed by atoms with E-state index in [2.05, 4.69) is 36.8 Å². The molecule has 0 amide bonds. The average molecular weight is 288 g/mol. The number of allylic oxidation sites excluding steroid dienone is 1. The van der Waals surface area contributed by atoms with Crippen LogP contribution in [0.2, 0.25) is 0 Å². The van der Waals surface area contributed by atoms with Gasteiger partial charge < -0.3 is 15.0 Å². The smallest absolute Gasteiger partial charge is 0.214 e. The van der Waals surface area contributed by atoms with Gasteiger partial charge in [-0.2, -0.15) is 0 Å². The molecule has 5 heteroatoms. The first-order valence-corrected chi connectivity index (χ1v) is 7.47. The number of fused-ring (bicyclic) bond motifs is 1. The zero-order chi connectivity index (χ0) is 15.4. The third kappa shape index (κ3) is 3.35. The quantitative estimate of drug-likeness (QED) is 0.692. The zero-order valence-electron chi connectivity index (χ0n) is 12.8. The molecule has 1 aliphatic carbocycles. The minimum absolute atomic E-state index is 0.0140. The van der Waals surface area contributed by atoms with Crippen LogP contribution in [0.5, 0.6) is 0 Å². The molecule has 114 valence electrons. The normalized spacial score (nSPS) is 15.2. The van der Waals surface area contributed by atoms with Gasteiger partial charge in [0.05, 0.1) is 11.0 Å². The maximum Gasteiger partial charge on any atom is 0.214 e. The molecule has 0 bridgehead atoms. The zero-order valence-corrected chi connectivity index (χ0v) is 12.8. The number of aliphatic hydroxyl groups excluding tert-OH is 1. The molecule has 0 saturated heterocycles. The molecule has 21 heavy (non-hydrogen) atoms. The maximum atomic E-state index is 10.2. The number of aryl methyl sites for hydroxylation is 1. The van der Waals surface area contributed by atoms with E-state index in [4.69, 9.17) is 5.41 Å². The Morgan fingerprint density at radius 3 is 3.05 bits per heavy atom. The van der Waals surface area contributed by atoms with Crippen molar-refractivity contribution < 1.29 is 5.11 Å². The van der Waals surface area contributed by atoms with E-state index in [0.717, 1.165) is 30.3 Å². The Hall–Kier alpha value is -2.04. The molecule has 2 rings (SSSR count). The molecule has 0 spiro atoms. The number of nitrogens with zero attached hydrogens (tertiary/aromatic N) is 2. The van der Waals surface area contributed by atoms with Crippen LogP contribution in [-0.2, 0) is 13.0 Å². The molecule has 1 aromatic heterocycles. The second kappa shape index (κ2) is 6.61. The van der Waals surface area contributed by atoms with Crippen molar-refractivity contribution in [1.82, 2.24) is 14.9 Å². The van der Waals surface area contributed by atoms with Gasteiger partial charge in [-0.15, -0.1) is 6.58 Å². The number of aromatic nitrogens is 2. The van der Waals surface area contributed by atoms with Gasteiger partial charge in [-0.3, -0.25) is 5.41 Å². The Balaban J connectivity index is 2.63. The van der Waals surface area contributed by atoms with Gasteiger partial charge in [0.1, 0.15) is 0 Å². The van der Waals surface area contributed by atoms with E-state index >= 15 is 0 Å².